The molecule has 1 atom stereocenters. The average molecular weight is 260 g/mol. The highest BCUT2D eigenvalue weighted by Gasteiger charge is 2.38. The van der Waals surface area contributed by atoms with Gasteiger partial charge in [-0.05, 0) is 45.2 Å². The van der Waals surface area contributed by atoms with Crippen molar-refractivity contribution in [3.63, 3.8) is 0 Å². The second kappa shape index (κ2) is 5.26. The van der Waals surface area contributed by atoms with E-state index in [1.54, 1.807) is 0 Å². The molecule has 2 heteroatoms. The van der Waals surface area contributed by atoms with Crippen LogP contribution in [0.4, 0.5) is 0 Å². The minimum atomic E-state index is 0.219. The summed E-state index contributed by atoms with van der Waals surface area (Å²) in [5, 5.41) is 3.72. The molecule has 1 fully saturated rings. The summed E-state index contributed by atoms with van der Waals surface area (Å²) in [7, 11) is 0. The molecule has 19 heavy (non-hydrogen) atoms. The van der Waals surface area contributed by atoms with Gasteiger partial charge in [-0.1, -0.05) is 31.2 Å². The van der Waals surface area contributed by atoms with Crippen LogP contribution < -0.4 is 5.32 Å². The molecular weight excluding hydrogens is 232 g/mol. The molecule has 1 N–H and O–H groups in total. The molecule has 2 nitrogen and oxygen atoms in total. The molecule has 106 valence electrons. The second-order valence-corrected chi connectivity index (χ2v) is 6.86. The summed E-state index contributed by atoms with van der Waals surface area (Å²) in [5.74, 6) is 0. The molecule has 1 saturated heterocycles. The molecule has 0 aliphatic carbocycles. The van der Waals surface area contributed by atoms with Gasteiger partial charge in [0.1, 0.15) is 0 Å². The summed E-state index contributed by atoms with van der Waals surface area (Å²) in [6.07, 6.45) is 1.17. The normalized spacial score (nSPS) is 27.4. The molecule has 1 unspecified atom stereocenters. The first-order chi connectivity index (χ1) is 8.86. The Morgan fingerprint density at radius 1 is 1.21 bits per heavy atom. The van der Waals surface area contributed by atoms with Crippen molar-refractivity contribution < 1.29 is 0 Å². The first kappa shape index (κ1) is 14.5. The number of aryl methyl sites for hydroxylation is 1. The van der Waals surface area contributed by atoms with Crippen molar-refractivity contribution in [3.05, 3.63) is 35.4 Å². The molecule has 0 saturated carbocycles. The third-order valence-electron chi connectivity index (χ3n) is 4.75. The summed E-state index contributed by atoms with van der Waals surface area (Å²) in [6.45, 7) is 14.7. The molecule has 0 amide bonds. The number of nitrogens with zero attached hydrogens (tertiary/aromatic N) is 1. The Kier molecular flexibility index (Phi) is 4.03. The zero-order valence-corrected chi connectivity index (χ0v) is 13.1. The minimum Gasteiger partial charge on any atom is -0.308 e. The maximum Gasteiger partial charge on any atom is 0.0282 e. The van der Waals surface area contributed by atoms with E-state index in [2.05, 4.69) is 69.1 Å². The molecule has 0 aromatic heterocycles. The lowest BCUT2D eigenvalue weighted by Crippen LogP contribution is -2.66. The van der Waals surface area contributed by atoms with E-state index in [-0.39, 0.29) is 11.1 Å². The zero-order chi connectivity index (χ0) is 14.1. The van der Waals surface area contributed by atoms with Crippen LogP contribution in [0.5, 0.6) is 0 Å². The lowest BCUT2D eigenvalue weighted by molar-refractivity contribution is 0.0245. The van der Waals surface area contributed by atoms with E-state index >= 15 is 0 Å². The monoisotopic (exact) mass is 260 g/mol. The van der Waals surface area contributed by atoms with Crippen LogP contribution in [0, 0.1) is 6.92 Å². The summed E-state index contributed by atoms with van der Waals surface area (Å²) in [6, 6.07) is 8.74. The molecule has 1 aliphatic heterocycles. The minimum absolute atomic E-state index is 0.219. The van der Waals surface area contributed by atoms with Crippen LogP contribution in [0.15, 0.2) is 24.3 Å². The van der Waals surface area contributed by atoms with Crippen molar-refractivity contribution in [2.24, 2.45) is 0 Å². The maximum absolute atomic E-state index is 3.72. The van der Waals surface area contributed by atoms with Crippen LogP contribution in [0.1, 0.15) is 45.2 Å². The van der Waals surface area contributed by atoms with E-state index in [1.165, 1.54) is 17.5 Å². The van der Waals surface area contributed by atoms with Crippen LogP contribution in [-0.4, -0.2) is 29.1 Å². The van der Waals surface area contributed by atoms with Crippen molar-refractivity contribution >= 4 is 0 Å². The van der Waals surface area contributed by atoms with E-state index in [4.69, 9.17) is 0 Å². The highest BCUT2D eigenvalue weighted by molar-refractivity contribution is 5.26. The molecule has 1 aromatic rings. The van der Waals surface area contributed by atoms with Gasteiger partial charge in [0, 0.05) is 30.7 Å². The predicted molar refractivity (Wildman–Crippen MR) is 82.4 cm³/mol. The number of hydrogen-bond donors (Lipinski definition) is 1. The summed E-state index contributed by atoms with van der Waals surface area (Å²) < 4.78 is 0. The molecular formula is C17H28N2. The van der Waals surface area contributed by atoms with Crippen molar-refractivity contribution in [3.8, 4) is 0 Å². The lowest BCUT2D eigenvalue weighted by atomic mass is 9.88. The van der Waals surface area contributed by atoms with Crippen molar-refractivity contribution in [1.82, 2.24) is 10.2 Å². The predicted octanol–water partition coefficient (Wildman–Crippen LogP) is 3.35. The fourth-order valence-electron chi connectivity index (χ4n) is 2.73. The van der Waals surface area contributed by atoms with Crippen LogP contribution in [-0.2, 0) is 6.54 Å². The Bertz CT molecular complexity index is 439. The molecule has 1 aliphatic rings. The topological polar surface area (TPSA) is 15.3 Å². The third kappa shape index (κ3) is 3.18. The SMILES string of the molecule is CCC1(C)CN(Cc2ccccc2C)C(C)(C)CN1. The van der Waals surface area contributed by atoms with E-state index < -0.39 is 0 Å². The molecule has 2 rings (SSSR count). The number of benzene rings is 1. The standard InChI is InChI=1S/C17H28N2/c1-6-17(5)13-19(16(3,4)12-18-17)11-15-10-8-7-9-14(15)2/h7-10,18H,6,11-13H2,1-5H3. The molecule has 1 aromatic carbocycles. The molecule has 0 spiro atoms. The zero-order valence-electron chi connectivity index (χ0n) is 13.1. The van der Waals surface area contributed by atoms with Gasteiger partial charge >= 0.3 is 0 Å². The fraction of sp³-hybridized carbons (Fsp3) is 0.647. The third-order valence-corrected chi connectivity index (χ3v) is 4.75. The highest BCUT2D eigenvalue weighted by Crippen LogP contribution is 2.27. The second-order valence-electron chi connectivity index (χ2n) is 6.86. The first-order valence-corrected chi connectivity index (χ1v) is 7.41. The van der Waals surface area contributed by atoms with Gasteiger partial charge < -0.3 is 5.32 Å². The van der Waals surface area contributed by atoms with Crippen LogP contribution in [0.2, 0.25) is 0 Å². The average Bonchev–Trinajstić information content (AvgIpc) is 2.37. The van der Waals surface area contributed by atoms with E-state index in [0.717, 1.165) is 19.6 Å². The van der Waals surface area contributed by atoms with Crippen LogP contribution >= 0.6 is 0 Å². The van der Waals surface area contributed by atoms with Gasteiger partial charge in [-0.3, -0.25) is 4.90 Å². The maximum atomic E-state index is 3.72. The Morgan fingerprint density at radius 3 is 2.53 bits per heavy atom. The van der Waals surface area contributed by atoms with Crippen molar-refractivity contribution in [1.29, 1.82) is 0 Å². The highest BCUT2D eigenvalue weighted by atomic mass is 15.3. The van der Waals surface area contributed by atoms with E-state index in [1.807, 2.05) is 0 Å². The molecule has 1 heterocycles. The number of hydrogen-bond acceptors (Lipinski definition) is 2. The van der Waals surface area contributed by atoms with Crippen molar-refractivity contribution in [2.45, 2.75) is 58.7 Å². The summed E-state index contributed by atoms with van der Waals surface area (Å²) in [4.78, 5) is 2.63. The van der Waals surface area contributed by atoms with Gasteiger partial charge in [-0.2, -0.15) is 0 Å². The number of piperazine rings is 1. The summed E-state index contributed by atoms with van der Waals surface area (Å²) >= 11 is 0. The largest absolute Gasteiger partial charge is 0.308 e. The Hall–Kier alpha value is -0.860. The van der Waals surface area contributed by atoms with Crippen LogP contribution in [0.3, 0.4) is 0 Å². The Morgan fingerprint density at radius 2 is 1.89 bits per heavy atom. The molecule has 0 bridgehead atoms. The smallest absolute Gasteiger partial charge is 0.0282 e. The lowest BCUT2D eigenvalue weighted by Gasteiger charge is -2.51. The van der Waals surface area contributed by atoms with E-state index in [9.17, 15) is 0 Å². The van der Waals surface area contributed by atoms with Gasteiger partial charge in [0.2, 0.25) is 0 Å². The first-order valence-electron chi connectivity index (χ1n) is 7.41. The number of nitrogens with one attached hydrogen (secondary N) is 1. The van der Waals surface area contributed by atoms with Gasteiger partial charge in [0.25, 0.3) is 0 Å². The Balaban J connectivity index is 2.18. The number of rotatable bonds is 3. The Labute approximate surface area is 118 Å². The van der Waals surface area contributed by atoms with Gasteiger partial charge in [-0.25, -0.2) is 0 Å². The van der Waals surface area contributed by atoms with Gasteiger partial charge in [0.05, 0.1) is 0 Å². The van der Waals surface area contributed by atoms with E-state index in [0.29, 0.717) is 0 Å². The van der Waals surface area contributed by atoms with Crippen LogP contribution in [0.25, 0.3) is 0 Å². The van der Waals surface area contributed by atoms with Crippen molar-refractivity contribution in [2.75, 3.05) is 13.1 Å². The molecule has 0 radical (unpaired) electrons. The fourth-order valence-corrected chi connectivity index (χ4v) is 2.73. The summed E-state index contributed by atoms with van der Waals surface area (Å²) in [5.41, 5.74) is 3.32. The quantitative estimate of drug-likeness (QED) is 0.896. The van der Waals surface area contributed by atoms with Gasteiger partial charge in [-0.15, -0.1) is 0 Å². The van der Waals surface area contributed by atoms with Gasteiger partial charge in [0.15, 0.2) is 0 Å².